The van der Waals surface area contributed by atoms with Gasteiger partial charge < -0.3 is 36.9 Å². The lowest BCUT2D eigenvalue weighted by Crippen LogP contribution is -2.52. The zero-order valence-electron chi connectivity index (χ0n) is 30.5. The van der Waals surface area contributed by atoms with Crippen molar-refractivity contribution in [1.29, 1.82) is 0 Å². The predicted molar refractivity (Wildman–Crippen MR) is 200 cm³/mol. The van der Waals surface area contributed by atoms with Crippen molar-refractivity contribution < 1.29 is 23.9 Å². The van der Waals surface area contributed by atoms with Crippen molar-refractivity contribution in [3.63, 3.8) is 0 Å². The lowest BCUT2D eigenvalue weighted by Gasteiger charge is -2.41. The number of Topliss-reactive ketones (excluding diaryl/α,β-unsaturated/α-hetero) is 2. The molecule has 6 aliphatic rings. The van der Waals surface area contributed by atoms with Gasteiger partial charge in [-0.3, -0.25) is 14.6 Å². The second-order valence-corrected chi connectivity index (χ2v) is 15.2. The molecule has 2 aliphatic heterocycles. The highest BCUT2D eigenvalue weighted by Crippen LogP contribution is 2.59. The van der Waals surface area contributed by atoms with E-state index in [2.05, 4.69) is 59.1 Å². The van der Waals surface area contributed by atoms with Crippen LogP contribution in [0.1, 0.15) is 85.9 Å². The molecule has 52 heavy (non-hydrogen) atoms. The van der Waals surface area contributed by atoms with Crippen molar-refractivity contribution in [2.45, 2.75) is 88.5 Å². The molecule has 6 atom stereocenters. The molecule has 7 N–H and O–H groups in total. The van der Waals surface area contributed by atoms with Crippen LogP contribution >= 0.6 is 0 Å². The number of allylic oxidation sites excluding steroid dienone is 3. The van der Waals surface area contributed by atoms with Gasteiger partial charge in [-0.05, 0) is 68.7 Å². The molecule has 6 unspecified atom stereocenters. The monoisotopic (exact) mass is 708 g/mol. The number of likely N-dealkylation sites (N-methyl/N-ethyl adjacent to an activating group) is 1. The van der Waals surface area contributed by atoms with E-state index in [9.17, 15) is 14.4 Å². The molecule has 276 valence electrons. The molecule has 0 spiro atoms. The van der Waals surface area contributed by atoms with Crippen LogP contribution in [0.3, 0.4) is 0 Å². The molecule has 1 saturated heterocycles. The van der Waals surface area contributed by atoms with Gasteiger partial charge in [0.25, 0.3) is 5.60 Å². The normalized spacial score (nSPS) is 31.2. The number of carbonyl (C=O) groups is 3. The Morgan fingerprint density at radius 2 is 1.94 bits per heavy atom. The standard InChI is InChI=1S/C41H52N6O5/c1-4-45-32-22-27-12-6-5-11-26(27)21-29(32)24-51-37(50)41-36(49)31-14-8-7-13-30(31)35(48)40(41,52-41)19-15-25(2)39(17-9-10-18-39)34(47-38(43)44-3)28-16-20-46-33(42)23-28/h6-8,12-16,22-23,26,29,32,34,45-46H,4-5,9-11,17-21,24,42H2,1-3H3,(H3,43,44,47). The lowest BCUT2D eigenvalue weighted by molar-refractivity contribution is -0.150. The summed E-state index contributed by atoms with van der Waals surface area (Å²) in [6.45, 7) is 5.59. The van der Waals surface area contributed by atoms with Crippen molar-refractivity contribution in [3.05, 3.63) is 94.4 Å². The van der Waals surface area contributed by atoms with E-state index in [-0.39, 0.29) is 47.9 Å². The molecular formula is C41H52N6O5. The number of nitrogens with two attached hydrogens (primary N) is 2. The number of fused-ring (bicyclic) bond motifs is 3. The minimum Gasteiger partial charge on any atom is -0.463 e. The Balaban J connectivity index is 1.20. The first-order valence-corrected chi connectivity index (χ1v) is 18.8. The van der Waals surface area contributed by atoms with Gasteiger partial charge in [-0.15, -0.1) is 0 Å². The summed E-state index contributed by atoms with van der Waals surface area (Å²) in [6, 6.07) is 6.45. The molecule has 2 heterocycles. The van der Waals surface area contributed by atoms with Crippen molar-refractivity contribution in [1.82, 2.24) is 16.0 Å². The summed E-state index contributed by atoms with van der Waals surface area (Å²) in [4.78, 5) is 47.3. The van der Waals surface area contributed by atoms with Crippen LogP contribution in [0.4, 0.5) is 0 Å². The minimum atomic E-state index is -2.04. The Bertz CT molecular complexity index is 1820. The van der Waals surface area contributed by atoms with Gasteiger partial charge in [-0.2, -0.15) is 0 Å². The largest absolute Gasteiger partial charge is 0.463 e. The third kappa shape index (κ3) is 5.91. The van der Waals surface area contributed by atoms with Crippen LogP contribution < -0.4 is 27.4 Å². The Labute approximate surface area is 306 Å². The molecule has 4 aliphatic carbocycles. The highest BCUT2D eigenvalue weighted by molar-refractivity contribution is 6.32. The first-order chi connectivity index (χ1) is 25.1. The van der Waals surface area contributed by atoms with E-state index in [0.717, 1.165) is 62.6 Å². The SMILES string of the molecule is CCNC1C=C2C=CCCC2CC1COC(=O)C12OC1(CC=C(C)C1(C(NC(N)=NC)C3=CCNC(N)=C3)CCCC1)C(=O)c1ccccc1C2=O. The van der Waals surface area contributed by atoms with Crippen LogP contribution in [0.25, 0.3) is 0 Å². The van der Waals surface area contributed by atoms with E-state index >= 15 is 0 Å². The number of guanidine groups is 1. The number of epoxide rings is 1. The minimum absolute atomic E-state index is 0.0238. The number of aliphatic imine (C=N–C) groups is 1. The number of esters is 1. The van der Waals surface area contributed by atoms with Gasteiger partial charge in [0.15, 0.2) is 17.3 Å². The average molecular weight is 709 g/mol. The van der Waals surface area contributed by atoms with Gasteiger partial charge in [0.05, 0.1) is 18.5 Å². The molecule has 1 aromatic carbocycles. The number of hydrogen-bond acceptors (Lipinski definition) is 9. The van der Waals surface area contributed by atoms with Crippen molar-refractivity contribution in [2.24, 2.45) is 33.7 Å². The summed E-state index contributed by atoms with van der Waals surface area (Å²) in [6.07, 6.45) is 19.4. The molecule has 0 aromatic heterocycles. The number of hydrogen-bond donors (Lipinski definition) is 5. The van der Waals surface area contributed by atoms with Gasteiger partial charge >= 0.3 is 5.97 Å². The Morgan fingerprint density at radius 3 is 2.65 bits per heavy atom. The van der Waals surface area contributed by atoms with Crippen LogP contribution in [0.2, 0.25) is 0 Å². The fraction of sp³-hybridized carbons (Fsp3) is 0.512. The molecular weight excluding hydrogens is 656 g/mol. The molecule has 7 rings (SSSR count). The Kier molecular flexibility index (Phi) is 9.77. The number of rotatable bonds is 11. The highest BCUT2D eigenvalue weighted by atomic mass is 16.7. The van der Waals surface area contributed by atoms with Gasteiger partial charge in [0.1, 0.15) is 0 Å². The molecule has 1 saturated carbocycles. The summed E-state index contributed by atoms with van der Waals surface area (Å²) in [5.74, 6) is -0.369. The number of ketones is 2. The summed E-state index contributed by atoms with van der Waals surface area (Å²) in [5.41, 5.74) is 12.2. The summed E-state index contributed by atoms with van der Waals surface area (Å²) < 4.78 is 12.4. The molecule has 11 heteroatoms. The summed E-state index contributed by atoms with van der Waals surface area (Å²) >= 11 is 0. The molecule has 0 amide bonds. The maximum atomic E-state index is 14.4. The smallest absolute Gasteiger partial charge is 0.350 e. The molecule has 1 aromatic rings. The van der Waals surface area contributed by atoms with Gasteiger partial charge in [0.2, 0.25) is 5.78 Å². The molecule has 2 fully saturated rings. The van der Waals surface area contributed by atoms with E-state index in [4.69, 9.17) is 20.9 Å². The first kappa shape index (κ1) is 35.9. The maximum absolute atomic E-state index is 14.4. The third-order valence-electron chi connectivity index (χ3n) is 12.4. The van der Waals surface area contributed by atoms with Crippen molar-refractivity contribution in [3.8, 4) is 0 Å². The second-order valence-electron chi connectivity index (χ2n) is 15.2. The summed E-state index contributed by atoms with van der Waals surface area (Å²) in [5, 5.41) is 10.2. The number of ether oxygens (including phenoxy) is 2. The van der Waals surface area contributed by atoms with Crippen molar-refractivity contribution >= 4 is 23.5 Å². The number of dihydropyridines is 1. The van der Waals surface area contributed by atoms with E-state index in [1.54, 1.807) is 31.3 Å². The van der Waals surface area contributed by atoms with E-state index < -0.39 is 28.4 Å². The van der Waals surface area contributed by atoms with Crippen LogP contribution in [-0.2, 0) is 14.3 Å². The third-order valence-corrected chi connectivity index (χ3v) is 12.4. The Morgan fingerprint density at radius 1 is 1.19 bits per heavy atom. The van der Waals surface area contributed by atoms with Crippen LogP contribution in [0, 0.1) is 17.3 Å². The fourth-order valence-electron chi connectivity index (χ4n) is 9.52. The van der Waals surface area contributed by atoms with Gasteiger partial charge in [-0.1, -0.05) is 80.0 Å². The quantitative estimate of drug-likeness (QED) is 0.0562. The predicted octanol–water partition coefficient (Wildman–Crippen LogP) is 4.14. The van der Waals surface area contributed by atoms with Crippen LogP contribution in [0.5, 0.6) is 0 Å². The number of carbonyl (C=O) groups excluding carboxylic acids is 3. The topological polar surface area (TPSA) is 173 Å². The zero-order valence-corrected chi connectivity index (χ0v) is 30.5. The average Bonchev–Trinajstić information content (AvgIpc) is 3.63. The van der Waals surface area contributed by atoms with Gasteiger partial charge in [-0.25, -0.2) is 4.79 Å². The molecule has 11 nitrogen and oxygen atoms in total. The van der Waals surface area contributed by atoms with Crippen molar-refractivity contribution in [2.75, 3.05) is 26.7 Å². The fourth-order valence-corrected chi connectivity index (χ4v) is 9.52. The number of nitrogens with zero attached hydrogens (tertiary/aromatic N) is 1. The van der Waals surface area contributed by atoms with E-state index in [0.29, 0.717) is 24.2 Å². The van der Waals surface area contributed by atoms with E-state index in [1.807, 2.05) is 12.2 Å². The lowest BCUT2D eigenvalue weighted by atomic mass is 9.68. The molecule has 0 radical (unpaired) electrons. The van der Waals surface area contributed by atoms with Gasteiger partial charge in [0, 0.05) is 48.5 Å². The second kappa shape index (κ2) is 14.2. The van der Waals surface area contributed by atoms with Crippen LogP contribution in [0.15, 0.2) is 88.3 Å². The number of benzene rings is 1. The van der Waals surface area contributed by atoms with E-state index in [1.165, 1.54) is 5.57 Å². The molecule has 0 bridgehead atoms. The highest BCUT2D eigenvalue weighted by Gasteiger charge is 2.85. The number of nitrogens with one attached hydrogen (secondary N) is 3. The Hall–Kier alpha value is -4.48. The summed E-state index contributed by atoms with van der Waals surface area (Å²) in [7, 11) is 1.65. The van der Waals surface area contributed by atoms with Crippen LogP contribution in [-0.4, -0.2) is 73.5 Å². The zero-order chi connectivity index (χ0) is 36.7. The maximum Gasteiger partial charge on any atom is 0.350 e. The first-order valence-electron chi connectivity index (χ1n) is 18.8.